The van der Waals surface area contributed by atoms with Crippen molar-refractivity contribution in [1.82, 2.24) is 24.1 Å². The quantitative estimate of drug-likeness (QED) is 0.623. The maximum atomic E-state index is 13.1. The highest BCUT2D eigenvalue weighted by Gasteiger charge is 2.31. The van der Waals surface area contributed by atoms with Gasteiger partial charge >= 0.3 is 5.69 Å². The predicted octanol–water partition coefficient (Wildman–Crippen LogP) is 2.63. The fraction of sp³-hybridized carbons (Fsp3) is 0.455. The zero-order valence-electron chi connectivity index (χ0n) is 17.7. The molecule has 0 aliphatic carbocycles. The normalized spacial score (nSPS) is 18.9. The maximum Gasteiger partial charge on any atom is 0.350 e. The number of amides is 1. The number of aromatic nitrogens is 4. The van der Waals surface area contributed by atoms with Crippen molar-refractivity contribution in [3.8, 4) is 0 Å². The zero-order chi connectivity index (χ0) is 22.4. The molecule has 5 heterocycles. The molecule has 0 spiro atoms. The van der Waals surface area contributed by atoms with Gasteiger partial charge in [0.2, 0.25) is 6.43 Å². The van der Waals surface area contributed by atoms with Gasteiger partial charge in [-0.2, -0.15) is 5.10 Å². The van der Waals surface area contributed by atoms with E-state index in [9.17, 15) is 18.4 Å². The molecule has 32 heavy (non-hydrogen) atoms. The van der Waals surface area contributed by atoms with Crippen molar-refractivity contribution in [2.24, 2.45) is 13.0 Å². The first-order valence-corrected chi connectivity index (χ1v) is 10.8. The third kappa shape index (κ3) is 3.53. The number of carbonyl (C=O) groups excluding carboxylic acids is 1. The minimum absolute atomic E-state index is 0.0865. The van der Waals surface area contributed by atoms with Gasteiger partial charge in [-0.25, -0.2) is 23.2 Å². The molecule has 3 aromatic rings. The summed E-state index contributed by atoms with van der Waals surface area (Å²) in [5, 5.41) is 4.25. The van der Waals surface area contributed by atoms with E-state index in [-0.39, 0.29) is 18.1 Å². The van der Waals surface area contributed by atoms with Gasteiger partial charge < -0.3 is 9.80 Å². The highest BCUT2D eigenvalue weighted by Crippen LogP contribution is 2.33. The Balaban J connectivity index is 1.43. The SMILES string of the molecule is Cn1nc2cc(N3CCCc4cc(C(=O)N5CCC[C@H](C(F)F)C5)cnc43)ccn2c1=O. The van der Waals surface area contributed by atoms with Crippen LogP contribution in [0.2, 0.25) is 0 Å². The maximum absolute atomic E-state index is 13.1. The second kappa shape index (κ2) is 7.99. The lowest BCUT2D eigenvalue weighted by molar-refractivity contribution is 0.0253. The number of likely N-dealkylation sites (tertiary alicyclic amines) is 1. The molecule has 168 valence electrons. The lowest BCUT2D eigenvalue weighted by Gasteiger charge is -2.33. The Labute approximate surface area is 183 Å². The molecular weight excluding hydrogens is 418 g/mol. The summed E-state index contributed by atoms with van der Waals surface area (Å²) >= 11 is 0. The number of aryl methyl sites for hydroxylation is 2. The largest absolute Gasteiger partial charge is 0.350 e. The summed E-state index contributed by atoms with van der Waals surface area (Å²) < 4.78 is 29.0. The molecule has 0 saturated carbocycles. The van der Waals surface area contributed by atoms with Crippen molar-refractivity contribution in [3.05, 3.63) is 52.2 Å². The average molecular weight is 442 g/mol. The van der Waals surface area contributed by atoms with Crippen molar-refractivity contribution in [1.29, 1.82) is 0 Å². The fourth-order valence-corrected chi connectivity index (χ4v) is 4.65. The number of rotatable bonds is 3. The number of fused-ring (bicyclic) bond motifs is 2. The van der Waals surface area contributed by atoms with Gasteiger partial charge in [0.15, 0.2) is 5.65 Å². The first kappa shape index (κ1) is 20.6. The Morgan fingerprint density at radius 3 is 2.88 bits per heavy atom. The summed E-state index contributed by atoms with van der Waals surface area (Å²) in [6.07, 6.45) is 3.52. The van der Waals surface area contributed by atoms with E-state index in [1.54, 1.807) is 13.2 Å². The molecule has 0 N–H and O–H groups in total. The summed E-state index contributed by atoms with van der Waals surface area (Å²) in [5.74, 6) is -0.237. The summed E-state index contributed by atoms with van der Waals surface area (Å²) in [6, 6.07) is 5.53. The first-order chi connectivity index (χ1) is 15.4. The molecule has 1 saturated heterocycles. The number of anilines is 2. The molecule has 8 nitrogen and oxygen atoms in total. The van der Waals surface area contributed by atoms with Crippen LogP contribution in [0.25, 0.3) is 5.65 Å². The first-order valence-electron chi connectivity index (χ1n) is 10.8. The number of hydrogen-bond donors (Lipinski definition) is 0. The Morgan fingerprint density at radius 2 is 2.06 bits per heavy atom. The number of piperidine rings is 1. The van der Waals surface area contributed by atoms with E-state index in [0.717, 1.165) is 36.5 Å². The van der Waals surface area contributed by atoms with Gasteiger partial charge in [0.1, 0.15) is 5.82 Å². The number of carbonyl (C=O) groups is 1. The van der Waals surface area contributed by atoms with Crippen LogP contribution >= 0.6 is 0 Å². The molecular formula is C22H24F2N6O2. The van der Waals surface area contributed by atoms with Gasteiger partial charge in [0, 0.05) is 56.7 Å². The summed E-state index contributed by atoms with van der Waals surface area (Å²) in [7, 11) is 1.61. The molecule has 5 rings (SSSR count). The topological polar surface area (TPSA) is 75.7 Å². The van der Waals surface area contributed by atoms with Gasteiger partial charge in [0.05, 0.1) is 5.56 Å². The number of nitrogens with zero attached hydrogens (tertiary/aromatic N) is 6. The van der Waals surface area contributed by atoms with Crippen molar-refractivity contribution in [2.45, 2.75) is 32.1 Å². The molecule has 2 aliphatic rings. The molecule has 2 aliphatic heterocycles. The molecule has 3 aromatic heterocycles. The Morgan fingerprint density at radius 1 is 1.22 bits per heavy atom. The van der Waals surface area contributed by atoms with Gasteiger partial charge in [0.25, 0.3) is 5.91 Å². The third-order valence-electron chi connectivity index (χ3n) is 6.34. The molecule has 0 aromatic carbocycles. The number of alkyl halides is 2. The molecule has 10 heteroatoms. The monoisotopic (exact) mass is 442 g/mol. The fourth-order valence-electron chi connectivity index (χ4n) is 4.65. The van der Waals surface area contributed by atoms with E-state index in [0.29, 0.717) is 30.6 Å². The number of pyridine rings is 2. The van der Waals surface area contributed by atoms with Crippen LogP contribution < -0.4 is 10.6 Å². The van der Waals surface area contributed by atoms with E-state index >= 15 is 0 Å². The van der Waals surface area contributed by atoms with Crippen molar-refractivity contribution in [3.63, 3.8) is 0 Å². The lowest BCUT2D eigenvalue weighted by Crippen LogP contribution is -2.42. The Kier molecular flexibility index (Phi) is 5.15. The van der Waals surface area contributed by atoms with Crippen LogP contribution in [0.5, 0.6) is 0 Å². The van der Waals surface area contributed by atoms with Crippen LogP contribution in [-0.2, 0) is 13.5 Å². The highest BCUT2D eigenvalue weighted by molar-refractivity contribution is 5.94. The van der Waals surface area contributed by atoms with Crippen molar-refractivity contribution < 1.29 is 13.6 Å². The van der Waals surface area contributed by atoms with Crippen molar-refractivity contribution in [2.75, 3.05) is 24.5 Å². The lowest BCUT2D eigenvalue weighted by atomic mass is 9.97. The van der Waals surface area contributed by atoms with Crippen LogP contribution in [0.3, 0.4) is 0 Å². The van der Waals surface area contributed by atoms with Gasteiger partial charge in [-0.05, 0) is 43.4 Å². The van der Waals surface area contributed by atoms with Gasteiger partial charge in [-0.1, -0.05) is 0 Å². The number of hydrogen-bond acceptors (Lipinski definition) is 5. The molecule has 1 atom stereocenters. The van der Waals surface area contributed by atoms with Crippen LogP contribution in [0.1, 0.15) is 35.2 Å². The van der Waals surface area contributed by atoms with Crippen LogP contribution in [0.15, 0.2) is 35.4 Å². The van der Waals surface area contributed by atoms with E-state index in [1.807, 2.05) is 18.2 Å². The Hall–Kier alpha value is -3.30. The second-order valence-electron chi connectivity index (χ2n) is 8.47. The van der Waals surface area contributed by atoms with Gasteiger partial charge in [-0.3, -0.25) is 9.20 Å². The molecule has 1 amide bonds. The minimum Gasteiger partial charge on any atom is -0.338 e. The highest BCUT2D eigenvalue weighted by atomic mass is 19.3. The number of halogens is 2. The van der Waals surface area contributed by atoms with Crippen LogP contribution in [-0.4, -0.2) is 56.0 Å². The standard InChI is InChI=1S/C22H24F2N6O2/c1-27-22(32)30-9-6-17(11-18(30)26-27)29-8-3-4-14-10-16(12-25-20(14)29)21(31)28-7-2-5-15(13-28)19(23)24/h6,9-12,15,19H,2-5,7-8,13H2,1H3/t15-/m0/s1. The molecule has 0 bridgehead atoms. The van der Waals surface area contributed by atoms with Crippen LogP contribution in [0, 0.1) is 5.92 Å². The second-order valence-corrected chi connectivity index (χ2v) is 8.47. The summed E-state index contributed by atoms with van der Waals surface area (Å²) in [5.41, 5.74) is 2.59. The van der Waals surface area contributed by atoms with E-state index in [1.165, 1.54) is 20.2 Å². The smallest absolute Gasteiger partial charge is 0.338 e. The molecule has 1 fully saturated rings. The zero-order valence-corrected chi connectivity index (χ0v) is 17.7. The van der Waals surface area contributed by atoms with E-state index in [4.69, 9.17) is 0 Å². The Bertz CT molecular complexity index is 1240. The van der Waals surface area contributed by atoms with E-state index < -0.39 is 12.3 Å². The molecule has 0 unspecified atom stereocenters. The summed E-state index contributed by atoms with van der Waals surface area (Å²) in [6.45, 7) is 1.33. The van der Waals surface area contributed by atoms with Crippen LogP contribution in [0.4, 0.5) is 20.3 Å². The average Bonchev–Trinajstić information content (AvgIpc) is 3.10. The summed E-state index contributed by atoms with van der Waals surface area (Å²) in [4.78, 5) is 33.2. The minimum atomic E-state index is -2.41. The molecule has 0 radical (unpaired) electrons. The van der Waals surface area contributed by atoms with Gasteiger partial charge in [-0.15, -0.1) is 0 Å². The van der Waals surface area contributed by atoms with E-state index in [2.05, 4.69) is 15.0 Å². The van der Waals surface area contributed by atoms with Crippen molar-refractivity contribution >= 4 is 23.1 Å². The predicted molar refractivity (Wildman–Crippen MR) is 115 cm³/mol. The third-order valence-corrected chi connectivity index (χ3v) is 6.34.